The first kappa shape index (κ1) is 21.0. The van der Waals surface area contributed by atoms with E-state index in [-0.39, 0.29) is 0 Å². The predicted molar refractivity (Wildman–Crippen MR) is 110 cm³/mol. The minimum atomic E-state index is -1.45. The number of benzene rings is 2. The van der Waals surface area contributed by atoms with Crippen LogP contribution in [0.1, 0.15) is 11.1 Å². The molecular weight excluding hydrogens is 344 g/mol. The van der Waals surface area contributed by atoms with Gasteiger partial charge < -0.3 is 25.4 Å². The maximum absolute atomic E-state index is 9.03. The van der Waals surface area contributed by atoms with Gasteiger partial charge in [0, 0.05) is 25.5 Å². The van der Waals surface area contributed by atoms with Crippen molar-refractivity contribution in [3.63, 3.8) is 0 Å². The Morgan fingerprint density at radius 2 is 1.04 bits per heavy atom. The van der Waals surface area contributed by atoms with Gasteiger partial charge in [-0.15, -0.1) is 0 Å². The smallest absolute Gasteiger partial charge is 0.423 e. The zero-order chi connectivity index (χ0) is 19.5. The molecule has 2 aromatic carbocycles. The van der Waals surface area contributed by atoms with Gasteiger partial charge in [0.2, 0.25) is 0 Å². The van der Waals surface area contributed by atoms with Crippen molar-refractivity contribution in [2.24, 2.45) is 9.98 Å². The molecule has 0 saturated carbocycles. The van der Waals surface area contributed by atoms with E-state index in [1.807, 2.05) is 0 Å². The fourth-order valence-corrected chi connectivity index (χ4v) is 2.26. The number of nitrogens with one attached hydrogen (secondary N) is 1. The average Bonchev–Trinajstić information content (AvgIpc) is 2.67. The van der Waals surface area contributed by atoms with Crippen LogP contribution in [0.2, 0.25) is 0 Å². The van der Waals surface area contributed by atoms with Gasteiger partial charge in [-0.2, -0.15) is 0 Å². The molecule has 0 aliphatic carbocycles. The standard InChI is InChI=1S/C18H23B2N3O4/c24-19(25)17-5-1-15(2-6-17)13-22-11-9-21-10-12-23-14-16-3-7-18(8-4-16)20(26)27/h1-8,13-14,21,24-27H,9-12H2. The van der Waals surface area contributed by atoms with E-state index < -0.39 is 14.2 Å². The van der Waals surface area contributed by atoms with Crippen LogP contribution in [0.25, 0.3) is 0 Å². The maximum atomic E-state index is 9.03. The number of hydrogen-bond donors (Lipinski definition) is 5. The van der Waals surface area contributed by atoms with Crippen molar-refractivity contribution in [2.45, 2.75) is 0 Å². The molecule has 7 nitrogen and oxygen atoms in total. The first-order valence-corrected chi connectivity index (χ1v) is 8.69. The Balaban J connectivity index is 1.59. The van der Waals surface area contributed by atoms with E-state index in [0.29, 0.717) is 24.0 Å². The summed E-state index contributed by atoms with van der Waals surface area (Å²) in [5.74, 6) is 0. The molecule has 0 fully saturated rings. The van der Waals surface area contributed by atoms with E-state index in [1.54, 1.807) is 61.0 Å². The monoisotopic (exact) mass is 367 g/mol. The summed E-state index contributed by atoms with van der Waals surface area (Å²) in [5.41, 5.74) is 2.72. The summed E-state index contributed by atoms with van der Waals surface area (Å²) in [4.78, 5) is 8.62. The van der Waals surface area contributed by atoms with Crippen molar-refractivity contribution in [3.05, 3.63) is 59.7 Å². The van der Waals surface area contributed by atoms with Crippen molar-refractivity contribution in [1.82, 2.24) is 5.32 Å². The lowest BCUT2D eigenvalue weighted by Gasteiger charge is -2.01. The molecular formula is C18H23B2N3O4. The van der Waals surface area contributed by atoms with Gasteiger partial charge in [0.25, 0.3) is 0 Å². The van der Waals surface area contributed by atoms with Gasteiger partial charge in [-0.05, 0) is 22.1 Å². The lowest BCUT2D eigenvalue weighted by molar-refractivity contribution is 0.424. The van der Waals surface area contributed by atoms with Crippen LogP contribution in [0, 0.1) is 0 Å². The lowest BCUT2D eigenvalue weighted by atomic mass is 9.80. The average molecular weight is 367 g/mol. The molecule has 0 aromatic heterocycles. The van der Waals surface area contributed by atoms with E-state index in [1.165, 1.54) is 0 Å². The number of aliphatic imine (C=N–C) groups is 2. The number of nitrogens with zero attached hydrogens (tertiary/aromatic N) is 2. The largest absolute Gasteiger partial charge is 0.488 e. The molecule has 27 heavy (non-hydrogen) atoms. The Morgan fingerprint density at radius 1 is 0.667 bits per heavy atom. The molecule has 0 bridgehead atoms. The normalized spacial score (nSPS) is 11.4. The summed E-state index contributed by atoms with van der Waals surface area (Å²) in [6.45, 7) is 2.75. The van der Waals surface area contributed by atoms with E-state index in [2.05, 4.69) is 15.3 Å². The summed E-state index contributed by atoms with van der Waals surface area (Å²) in [7, 11) is -2.90. The minimum absolute atomic E-state index is 0.455. The molecule has 0 amide bonds. The van der Waals surface area contributed by atoms with E-state index in [4.69, 9.17) is 20.1 Å². The topological polar surface area (TPSA) is 118 Å². The van der Waals surface area contributed by atoms with Crippen LogP contribution in [-0.4, -0.2) is 72.9 Å². The fraction of sp³-hybridized carbons (Fsp3) is 0.222. The van der Waals surface area contributed by atoms with Crippen LogP contribution in [0.4, 0.5) is 0 Å². The van der Waals surface area contributed by atoms with Crippen molar-refractivity contribution in [3.8, 4) is 0 Å². The van der Waals surface area contributed by atoms with Crippen molar-refractivity contribution >= 4 is 37.6 Å². The Hall–Kier alpha value is -2.29. The molecule has 0 saturated heterocycles. The molecule has 0 atom stereocenters. The van der Waals surface area contributed by atoms with Gasteiger partial charge in [0.1, 0.15) is 0 Å². The van der Waals surface area contributed by atoms with Crippen LogP contribution in [0.15, 0.2) is 58.5 Å². The Morgan fingerprint density at radius 3 is 1.37 bits per heavy atom. The SMILES string of the molecule is OB(O)c1ccc(C=NCCNCCN=Cc2ccc(B(O)O)cc2)cc1. The predicted octanol–water partition coefficient (Wildman–Crippen LogP) is -1.83. The third-order valence-electron chi connectivity index (χ3n) is 3.79. The second kappa shape index (κ2) is 11.4. The summed E-state index contributed by atoms with van der Waals surface area (Å²) >= 11 is 0. The van der Waals surface area contributed by atoms with Crippen LogP contribution >= 0.6 is 0 Å². The van der Waals surface area contributed by atoms with Gasteiger partial charge >= 0.3 is 14.2 Å². The molecule has 0 spiro atoms. The lowest BCUT2D eigenvalue weighted by Crippen LogP contribution is -2.29. The Kier molecular flexibility index (Phi) is 8.90. The molecule has 5 N–H and O–H groups in total. The highest BCUT2D eigenvalue weighted by Gasteiger charge is 2.09. The van der Waals surface area contributed by atoms with E-state index in [0.717, 1.165) is 24.2 Å². The van der Waals surface area contributed by atoms with Gasteiger partial charge in [0.05, 0.1) is 13.1 Å². The number of rotatable bonds is 10. The molecule has 2 rings (SSSR count). The van der Waals surface area contributed by atoms with E-state index in [9.17, 15) is 0 Å². The van der Waals surface area contributed by atoms with E-state index >= 15 is 0 Å². The van der Waals surface area contributed by atoms with Gasteiger partial charge in [-0.1, -0.05) is 48.5 Å². The van der Waals surface area contributed by atoms with Crippen molar-refractivity contribution in [2.75, 3.05) is 26.2 Å². The molecule has 9 heteroatoms. The fourth-order valence-electron chi connectivity index (χ4n) is 2.26. The van der Waals surface area contributed by atoms with Crippen LogP contribution in [-0.2, 0) is 0 Å². The molecule has 0 aliphatic heterocycles. The summed E-state index contributed by atoms with van der Waals surface area (Å²) < 4.78 is 0. The second-order valence-corrected chi connectivity index (χ2v) is 5.90. The highest BCUT2D eigenvalue weighted by atomic mass is 16.4. The molecule has 0 radical (unpaired) electrons. The second-order valence-electron chi connectivity index (χ2n) is 5.90. The first-order chi connectivity index (χ1) is 13.1. The minimum Gasteiger partial charge on any atom is -0.423 e. The quantitative estimate of drug-likeness (QED) is 0.193. The number of hydrogen-bond acceptors (Lipinski definition) is 7. The van der Waals surface area contributed by atoms with Crippen LogP contribution < -0.4 is 16.2 Å². The van der Waals surface area contributed by atoms with Gasteiger partial charge in [-0.25, -0.2) is 0 Å². The Bertz CT molecular complexity index is 672. The van der Waals surface area contributed by atoms with Crippen molar-refractivity contribution in [1.29, 1.82) is 0 Å². The molecule has 0 aliphatic rings. The molecule has 2 aromatic rings. The molecule has 0 heterocycles. The Labute approximate surface area is 159 Å². The highest BCUT2D eigenvalue weighted by Crippen LogP contribution is 1.94. The van der Waals surface area contributed by atoms with Crippen LogP contribution in [0.5, 0.6) is 0 Å². The summed E-state index contributed by atoms with van der Waals surface area (Å²) in [6, 6.07) is 13.8. The van der Waals surface area contributed by atoms with Crippen molar-refractivity contribution < 1.29 is 20.1 Å². The zero-order valence-electron chi connectivity index (χ0n) is 14.9. The van der Waals surface area contributed by atoms with Crippen LogP contribution in [0.3, 0.4) is 0 Å². The maximum Gasteiger partial charge on any atom is 0.488 e. The summed E-state index contributed by atoms with van der Waals surface area (Å²) in [5, 5.41) is 39.4. The molecule has 0 unspecified atom stereocenters. The highest BCUT2D eigenvalue weighted by molar-refractivity contribution is 6.58. The van der Waals surface area contributed by atoms with Gasteiger partial charge in [0.15, 0.2) is 0 Å². The zero-order valence-corrected chi connectivity index (χ0v) is 14.9. The first-order valence-electron chi connectivity index (χ1n) is 8.69. The van der Waals surface area contributed by atoms with Gasteiger partial charge in [-0.3, -0.25) is 9.98 Å². The summed E-state index contributed by atoms with van der Waals surface area (Å²) in [6.07, 6.45) is 3.50. The third-order valence-corrected chi connectivity index (χ3v) is 3.79. The molecule has 140 valence electrons. The third kappa shape index (κ3) is 7.86.